The molecular weight excluding hydrogens is 756 g/mol. The number of rotatable bonds is 2. The molecule has 0 N–H and O–H groups in total. The summed E-state index contributed by atoms with van der Waals surface area (Å²) in [6, 6.07) is 34.2. The molecule has 0 unspecified atom stereocenters. The number of aryl methyl sites for hydroxylation is 1. The molecule has 61 heavy (non-hydrogen) atoms. The highest BCUT2D eigenvalue weighted by molar-refractivity contribution is 7.33. The number of benzene rings is 5. The molecule has 4 aliphatic rings. The number of hydrogen-bond donors (Lipinski definition) is 0. The molecular formula is C57H67BN2S. The van der Waals surface area contributed by atoms with Crippen LogP contribution >= 0.6 is 11.3 Å². The third-order valence-electron chi connectivity index (χ3n) is 15.8. The Balaban J connectivity index is 1.38. The Kier molecular flexibility index (Phi) is 8.63. The minimum Gasteiger partial charge on any atom is -0.311 e. The molecule has 5 aromatic carbocycles. The van der Waals surface area contributed by atoms with Crippen LogP contribution in [0.1, 0.15) is 162 Å². The van der Waals surface area contributed by atoms with Gasteiger partial charge in [0.05, 0.1) is 5.69 Å². The monoisotopic (exact) mass is 823 g/mol. The standard InChI is InChI=1S/C57H67BN2S/c1-34-30-40-41(56(12,13)27-26-55(40,10)11)33-43(34)60-45-32-36(53(5,6)7)31-44-48(45)58(42-25-24-39-47(50(42)60)57(14,15)29-28-54(39,8)9)51-49(38-18-16-17-19-46(38)61-51)59(44)37-22-20-35(21-23-37)52(2,3)4/h16-25,30-33H,26-29H2,1-15H3. The molecule has 0 saturated heterocycles. The number of nitrogens with zero attached hydrogens (tertiary/aromatic N) is 2. The third-order valence-corrected chi connectivity index (χ3v) is 17.0. The van der Waals surface area contributed by atoms with E-state index in [2.05, 4.69) is 199 Å². The highest BCUT2D eigenvalue weighted by atomic mass is 32.1. The zero-order valence-corrected chi connectivity index (χ0v) is 40.6. The Morgan fingerprint density at radius 2 is 1.10 bits per heavy atom. The van der Waals surface area contributed by atoms with Gasteiger partial charge in [0.25, 0.3) is 6.71 Å². The van der Waals surface area contributed by atoms with Crippen LogP contribution in [-0.2, 0) is 32.5 Å². The minimum atomic E-state index is -0.0833. The van der Waals surface area contributed by atoms with Gasteiger partial charge in [-0.25, -0.2) is 0 Å². The van der Waals surface area contributed by atoms with Crippen LogP contribution < -0.4 is 25.5 Å². The molecule has 6 aromatic rings. The van der Waals surface area contributed by atoms with E-state index in [1.165, 1.54) is 119 Å². The van der Waals surface area contributed by atoms with E-state index in [1.807, 2.05) is 11.3 Å². The van der Waals surface area contributed by atoms with Crippen LogP contribution in [0, 0.1) is 6.92 Å². The summed E-state index contributed by atoms with van der Waals surface area (Å²) in [4.78, 5) is 5.47. The quantitative estimate of drug-likeness (QED) is 0.160. The van der Waals surface area contributed by atoms with Gasteiger partial charge in [0.2, 0.25) is 0 Å². The van der Waals surface area contributed by atoms with Gasteiger partial charge in [-0.1, -0.05) is 145 Å². The Bertz CT molecular complexity index is 2800. The average molecular weight is 823 g/mol. The van der Waals surface area contributed by atoms with Crippen LogP contribution in [0.4, 0.5) is 34.1 Å². The first-order valence-corrected chi connectivity index (χ1v) is 24.0. The van der Waals surface area contributed by atoms with Crippen molar-refractivity contribution in [3.8, 4) is 0 Å². The molecule has 0 bridgehead atoms. The molecule has 2 aliphatic heterocycles. The summed E-state index contributed by atoms with van der Waals surface area (Å²) < 4.78 is 2.81. The van der Waals surface area contributed by atoms with E-state index in [0.29, 0.717) is 0 Å². The third kappa shape index (κ3) is 6.00. The van der Waals surface area contributed by atoms with Crippen LogP contribution in [0.3, 0.4) is 0 Å². The fourth-order valence-electron chi connectivity index (χ4n) is 11.7. The van der Waals surface area contributed by atoms with E-state index in [0.717, 1.165) is 0 Å². The summed E-state index contributed by atoms with van der Waals surface area (Å²) in [5, 5.41) is 1.34. The Labute approximate surface area is 371 Å². The molecule has 2 nitrogen and oxygen atoms in total. The SMILES string of the molecule is Cc1cc2c(cc1N1c3cc(C(C)(C)C)cc4c3B(c3ccc5c(c31)C(C)(C)CCC5(C)C)c1sc3ccccc3c1N4c1ccc(C(C)(C)C)cc1)C(C)(C)CCC2(C)C. The van der Waals surface area contributed by atoms with Crippen LogP contribution in [0.15, 0.2) is 84.9 Å². The van der Waals surface area contributed by atoms with Crippen LogP contribution in [0.2, 0.25) is 0 Å². The van der Waals surface area contributed by atoms with Gasteiger partial charge in [-0.15, -0.1) is 11.3 Å². The first kappa shape index (κ1) is 40.8. The summed E-state index contributed by atoms with van der Waals surface area (Å²) in [5.74, 6) is 0. The first-order valence-electron chi connectivity index (χ1n) is 23.1. The predicted molar refractivity (Wildman–Crippen MR) is 269 cm³/mol. The van der Waals surface area contributed by atoms with Crippen molar-refractivity contribution in [1.29, 1.82) is 0 Å². The van der Waals surface area contributed by atoms with Gasteiger partial charge in [0, 0.05) is 43.3 Å². The highest BCUT2D eigenvalue weighted by Crippen LogP contribution is 2.56. The zero-order valence-electron chi connectivity index (χ0n) is 39.8. The minimum absolute atomic E-state index is 0.00170. The number of hydrogen-bond acceptors (Lipinski definition) is 3. The van der Waals surface area contributed by atoms with Gasteiger partial charge in [0.15, 0.2) is 0 Å². The lowest BCUT2D eigenvalue weighted by Crippen LogP contribution is -2.61. The fourth-order valence-corrected chi connectivity index (χ4v) is 13.0. The van der Waals surface area contributed by atoms with Crippen molar-refractivity contribution >= 4 is 78.0 Å². The van der Waals surface area contributed by atoms with Crippen molar-refractivity contribution in [2.24, 2.45) is 0 Å². The number of fused-ring (bicyclic) bond motifs is 9. The van der Waals surface area contributed by atoms with Crippen LogP contribution in [0.5, 0.6) is 0 Å². The van der Waals surface area contributed by atoms with E-state index >= 15 is 0 Å². The first-order chi connectivity index (χ1) is 28.4. The van der Waals surface area contributed by atoms with E-state index in [1.54, 1.807) is 5.56 Å². The maximum atomic E-state index is 2.81. The molecule has 0 spiro atoms. The van der Waals surface area contributed by atoms with Gasteiger partial charge in [-0.05, 0) is 151 Å². The Morgan fingerprint density at radius 1 is 0.541 bits per heavy atom. The summed E-state index contributed by atoms with van der Waals surface area (Å²) in [6.45, 7) is 36.6. The van der Waals surface area contributed by atoms with Gasteiger partial charge >= 0.3 is 0 Å². The second-order valence-corrected chi connectivity index (χ2v) is 25.1. The van der Waals surface area contributed by atoms with Crippen molar-refractivity contribution < 1.29 is 0 Å². The smallest absolute Gasteiger partial charge is 0.264 e. The number of anilines is 6. The lowest BCUT2D eigenvalue weighted by molar-refractivity contribution is 0.331. The molecule has 3 heterocycles. The summed E-state index contributed by atoms with van der Waals surface area (Å²) in [7, 11) is 0. The molecule has 0 saturated carbocycles. The van der Waals surface area contributed by atoms with Crippen molar-refractivity contribution in [1.82, 2.24) is 0 Å². The molecule has 4 heteroatoms. The predicted octanol–water partition coefficient (Wildman–Crippen LogP) is 14.6. The van der Waals surface area contributed by atoms with E-state index in [4.69, 9.17) is 0 Å². The molecule has 314 valence electrons. The molecule has 2 aliphatic carbocycles. The molecule has 0 atom stereocenters. The van der Waals surface area contributed by atoms with Gasteiger partial charge in [0.1, 0.15) is 0 Å². The van der Waals surface area contributed by atoms with Gasteiger partial charge < -0.3 is 9.80 Å². The Morgan fingerprint density at radius 3 is 1.72 bits per heavy atom. The van der Waals surface area contributed by atoms with Crippen molar-refractivity contribution in [3.05, 3.63) is 124 Å². The second-order valence-electron chi connectivity index (χ2n) is 24.0. The summed E-state index contributed by atoms with van der Waals surface area (Å²) in [6.07, 6.45) is 4.76. The largest absolute Gasteiger partial charge is 0.311 e. The number of thiophene rings is 1. The molecule has 0 radical (unpaired) electrons. The van der Waals surface area contributed by atoms with Crippen molar-refractivity contribution in [2.75, 3.05) is 9.80 Å². The maximum Gasteiger partial charge on any atom is 0.264 e. The highest BCUT2D eigenvalue weighted by Gasteiger charge is 2.50. The van der Waals surface area contributed by atoms with Gasteiger partial charge in [-0.2, -0.15) is 0 Å². The fraction of sp³-hybridized carbons (Fsp3) is 0.439. The van der Waals surface area contributed by atoms with E-state index < -0.39 is 0 Å². The molecule has 10 rings (SSSR count). The molecule has 0 amide bonds. The maximum absolute atomic E-state index is 2.81. The van der Waals surface area contributed by atoms with Crippen molar-refractivity contribution in [3.63, 3.8) is 0 Å². The lowest BCUT2D eigenvalue weighted by Gasteiger charge is -2.50. The normalized spacial score (nSPS) is 19.2. The summed E-state index contributed by atoms with van der Waals surface area (Å²) >= 11 is 2.01. The second kappa shape index (κ2) is 12.9. The van der Waals surface area contributed by atoms with Crippen LogP contribution in [0.25, 0.3) is 10.1 Å². The topological polar surface area (TPSA) is 6.48 Å². The molecule has 0 fully saturated rings. The molecule has 1 aromatic heterocycles. The average Bonchev–Trinajstić information content (AvgIpc) is 3.56. The summed E-state index contributed by atoms with van der Waals surface area (Å²) in [5.41, 5.74) is 21.4. The Hall–Kier alpha value is -4.28. The van der Waals surface area contributed by atoms with Crippen molar-refractivity contribution in [2.45, 2.75) is 162 Å². The van der Waals surface area contributed by atoms with Crippen LogP contribution in [-0.4, -0.2) is 6.71 Å². The van der Waals surface area contributed by atoms with E-state index in [9.17, 15) is 0 Å². The lowest BCUT2D eigenvalue weighted by atomic mass is 9.35. The zero-order chi connectivity index (χ0) is 43.6. The van der Waals surface area contributed by atoms with Gasteiger partial charge in [-0.3, -0.25) is 0 Å². The van der Waals surface area contributed by atoms with E-state index in [-0.39, 0.29) is 39.2 Å².